The third kappa shape index (κ3) is 3.56. The third-order valence-electron chi connectivity index (χ3n) is 5.86. The van der Waals surface area contributed by atoms with Crippen molar-refractivity contribution < 1.29 is 19.4 Å². The molecule has 2 N–H and O–H groups in total. The summed E-state index contributed by atoms with van der Waals surface area (Å²) in [5.74, 6) is -0.784. The van der Waals surface area contributed by atoms with E-state index in [1.807, 2.05) is 48.2 Å². The van der Waals surface area contributed by atoms with Crippen LogP contribution in [0.2, 0.25) is 0 Å². The Hall–Kier alpha value is -2.99. The van der Waals surface area contributed by atoms with E-state index in [2.05, 4.69) is 4.98 Å². The lowest BCUT2D eigenvalue weighted by Gasteiger charge is -2.44. The van der Waals surface area contributed by atoms with E-state index in [0.29, 0.717) is 24.3 Å². The van der Waals surface area contributed by atoms with Gasteiger partial charge in [0.05, 0.1) is 11.6 Å². The fraction of sp³-hybridized carbons (Fsp3) is 0.304. The van der Waals surface area contributed by atoms with Crippen molar-refractivity contribution in [3.63, 3.8) is 0 Å². The Labute approximate surface area is 168 Å². The number of aromatic nitrogens is 1. The van der Waals surface area contributed by atoms with E-state index < -0.39 is 17.5 Å². The number of halogens is 1. The van der Waals surface area contributed by atoms with E-state index in [1.165, 1.54) is 12.1 Å². The van der Waals surface area contributed by atoms with Gasteiger partial charge in [0.25, 0.3) is 0 Å². The Bertz CT molecular complexity index is 1060. The molecule has 2 atom stereocenters. The first-order valence-corrected chi connectivity index (χ1v) is 9.66. The Kier molecular flexibility index (Phi) is 4.96. The second-order valence-corrected chi connectivity index (χ2v) is 7.81. The minimum atomic E-state index is -1.34. The molecule has 6 heteroatoms. The van der Waals surface area contributed by atoms with E-state index >= 15 is 0 Å². The highest BCUT2D eigenvalue weighted by molar-refractivity contribution is 5.84. The monoisotopic (exact) mass is 394 g/mol. The van der Waals surface area contributed by atoms with Crippen molar-refractivity contribution >= 4 is 22.7 Å². The second kappa shape index (κ2) is 7.44. The molecule has 4 rings (SSSR count). The maximum atomic E-state index is 13.7. The van der Waals surface area contributed by atoms with Crippen molar-refractivity contribution in [2.24, 2.45) is 5.41 Å². The van der Waals surface area contributed by atoms with Crippen LogP contribution >= 0.6 is 0 Å². The molecule has 0 bridgehead atoms. The average Bonchev–Trinajstić information content (AvgIpc) is 2.70. The first-order chi connectivity index (χ1) is 13.9. The van der Waals surface area contributed by atoms with Gasteiger partial charge in [0.2, 0.25) is 0 Å². The quantitative estimate of drug-likeness (QED) is 0.708. The van der Waals surface area contributed by atoms with Crippen molar-refractivity contribution in [3.05, 3.63) is 71.5 Å². The van der Waals surface area contributed by atoms with E-state index in [-0.39, 0.29) is 18.8 Å². The van der Waals surface area contributed by atoms with Gasteiger partial charge in [-0.25, -0.2) is 9.37 Å². The summed E-state index contributed by atoms with van der Waals surface area (Å²) in [6, 6.07) is 15.7. The number of aliphatic hydroxyl groups excluding tert-OH is 1. The van der Waals surface area contributed by atoms with Crippen molar-refractivity contribution in [1.82, 2.24) is 4.98 Å². The van der Waals surface area contributed by atoms with Gasteiger partial charge in [-0.05, 0) is 49.1 Å². The van der Waals surface area contributed by atoms with Crippen LogP contribution in [0, 0.1) is 18.2 Å². The van der Waals surface area contributed by atoms with E-state index in [4.69, 9.17) is 0 Å². The Balaban J connectivity index is 1.72. The number of benzene rings is 2. The summed E-state index contributed by atoms with van der Waals surface area (Å²) in [5, 5.41) is 21.7. The highest BCUT2D eigenvalue weighted by Crippen LogP contribution is 2.37. The number of hydrogen-bond acceptors (Lipinski definition) is 4. The van der Waals surface area contributed by atoms with Gasteiger partial charge in [0.1, 0.15) is 17.1 Å². The van der Waals surface area contributed by atoms with Crippen LogP contribution in [0.5, 0.6) is 0 Å². The number of nitrogens with zero attached hydrogens (tertiary/aromatic N) is 2. The lowest BCUT2D eigenvalue weighted by atomic mass is 9.73. The van der Waals surface area contributed by atoms with Gasteiger partial charge in [-0.3, -0.25) is 4.79 Å². The number of aliphatic carboxylic acids is 1. The van der Waals surface area contributed by atoms with Crippen LogP contribution in [-0.4, -0.2) is 40.4 Å². The van der Waals surface area contributed by atoms with E-state index in [1.54, 1.807) is 6.07 Å². The molecule has 0 saturated carbocycles. The lowest BCUT2D eigenvalue weighted by Crippen LogP contribution is -2.57. The number of carbonyl (C=O) groups is 1. The number of fused-ring (bicyclic) bond motifs is 1. The predicted molar refractivity (Wildman–Crippen MR) is 109 cm³/mol. The van der Waals surface area contributed by atoms with Crippen LogP contribution in [-0.2, 0) is 11.2 Å². The second-order valence-electron chi connectivity index (χ2n) is 7.81. The maximum Gasteiger partial charge on any atom is 0.314 e. The summed E-state index contributed by atoms with van der Waals surface area (Å²) in [4.78, 5) is 18.8. The first kappa shape index (κ1) is 19.3. The van der Waals surface area contributed by atoms with Gasteiger partial charge in [-0.1, -0.05) is 30.3 Å². The average molecular weight is 394 g/mol. The fourth-order valence-corrected chi connectivity index (χ4v) is 4.21. The van der Waals surface area contributed by atoms with Crippen LogP contribution in [0.25, 0.3) is 10.9 Å². The first-order valence-electron chi connectivity index (χ1n) is 9.66. The molecule has 1 aliphatic rings. The number of hydrogen-bond donors (Lipinski definition) is 2. The molecule has 1 aliphatic heterocycles. The molecule has 0 aliphatic carbocycles. The van der Waals surface area contributed by atoms with Gasteiger partial charge in [-0.2, -0.15) is 0 Å². The van der Waals surface area contributed by atoms with Crippen LogP contribution in [0.4, 0.5) is 10.2 Å². The SMILES string of the molecule is Cc1cc(N2CC[C@@H](O)[C@](Cc3ccccc3)(C(=O)O)C2)nc2cc(F)ccc12. The molecule has 3 aromatic rings. The number of pyridine rings is 1. The largest absolute Gasteiger partial charge is 0.481 e. The summed E-state index contributed by atoms with van der Waals surface area (Å²) in [7, 11) is 0. The summed E-state index contributed by atoms with van der Waals surface area (Å²) in [5.41, 5.74) is 1.00. The number of carboxylic acids is 1. The standard InChI is InChI=1S/C23H23FN2O3/c1-15-11-21(25-19-12-17(24)7-8-18(15)19)26-10-9-20(27)23(14-26,22(28)29)13-16-5-3-2-4-6-16/h2-8,11-12,20,27H,9-10,13-14H2,1H3,(H,28,29)/t20-,23-/m1/s1. The van der Waals surface area contributed by atoms with Crippen molar-refractivity contribution in [1.29, 1.82) is 0 Å². The number of anilines is 1. The summed E-state index contributed by atoms with van der Waals surface area (Å²) in [6.07, 6.45) is -0.418. The van der Waals surface area contributed by atoms with Gasteiger partial charge in [-0.15, -0.1) is 0 Å². The van der Waals surface area contributed by atoms with Gasteiger partial charge in [0, 0.05) is 24.5 Å². The number of aryl methyl sites for hydroxylation is 1. The van der Waals surface area contributed by atoms with Gasteiger partial charge < -0.3 is 15.1 Å². The minimum absolute atomic E-state index is 0.131. The van der Waals surface area contributed by atoms with Crippen LogP contribution < -0.4 is 4.90 Å². The van der Waals surface area contributed by atoms with Crippen molar-refractivity contribution in [2.75, 3.05) is 18.0 Å². The van der Waals surface area contributed by atoms with Crippen molar-refractivity contribution in [2.45, 2.75) is 25.9 Å². The molecule has 0 spiro atoms. The predicted octanol–water partition coefficient (Wildman–Crippen LogP) is 3.57. The van der Waals surface area contributed by atoms with Crippen molar-refractivity contribution in [3.8, 4) is 0 Å². The van der Waals surface area contributed by atoms with E-state index in [0.717, 1.165) is 16.5 Å². The molecular formula is C23H23FN2O3. The summed E-state index contributed by atoms with van der Waals surface area (Å²) < 4.78 is 13.7. The summed E-state index contributed by atoms with van der Waals surface area (Å²) >= 11 is 0. The number of rotatable bonds is 4. The molecule has 29 heavy (non-hydrogen) atoms. The highest BCUT2D eigenvalue weighted by Gasteiger charge is 2.49. The number of carboxylic acid groups (broad SMARTS) is 1. The Morgan fingerprint density at radius 3 is 2.72 bits per heavy atom. The molecule has 2 aromatic carbocycles. The Morgan fingerprint density at radius 1 is 1.24 bits per heavy atom. The molecule has 1 aromatic heterocycles. The molecular weight excluding hydrogens is 371 g/mol. The van der Waals surface area contributed by atoms with Gasteiger partial charge in [0.15, 0.2) is 0 Å². The minimum Gasteiger partial charge on any atom is -0.481 e. The molecule has 0 radical (unpaired) electrons. The molecule has 1 saturated heterocycles. The highest BCUT2D eigenvalue weighted by atomic mass is 19.1. The van der Waals surface area contributed by atoms with Crippen LogP contribution in [0.15, 0.2) is 54.6 Å². The molecule has 2 heterocycles. The third-order valence-corrected chi connectivity index (χ3v) is 5.86. The van der Waals surface area contributed by atoms with Crippen LogP contribution in [0.1, 0.15) is 17.5 Å². The lowest BCUT2D eigenvalue weighted by molar-refractivity contribution is -0.157. The Morgan fingerprint density at radius 2 is 2.00 bits per heavy atom. The fourth-order valence-electron chi connectivity index (χ4n) is 4.21. The molecule has 0 unspecified atom stereocenters. The zero-order valence-electron chi connectivity index (χ0n) is 16.2. The number of aliphatic hydroxyl groups is 1. The van der Waals surface area contributed by atoms with Crippen LogP contribution in [0.3, 0.4) is 0 Å². The molecule has 1 fully saturated rings. The zero-order valence-corrected chi connectivity index (χ0v) is 16.2. The molecule has 150 valence electrons. The van der Waals surface area contributed by atoms with E-state index in [9.17, 15) is 19.4 Å². The normalized spacial score (nSPS) is 22.0. The topological polar surface area (TPSA) is 73.7 Å². The smallest absolute Gasteiger partial charge is 0.314 e. The summed E-state index contributed by atoms with van der Waals surface area (Å²) in [6.45, 7) is 2.54. The molecule has 0 amide bonds. The van der Waals surface area contributed by atoms with Gasteiger partial charge >= 0.3 is 5.97 Å². The number of piperidine rings is 1. The zero-order chi connectivity index (χ0) is 20.6. The maximum absolute atomic E-state index is 13.7. The molecule has 5 nitrogen and oxygen atoms in total.